The molecule has 18 heavy (non-hydrogen) atoms. The summed E-state index contributed by atoms with van der Waals surface area (Å²) < 4.78 is 0. The van der Waals surface area contributed by atoms with Gasteiger partial charge >= 0.3 is 0 Å². The van der Waals surface area contributed by atoms with Gasteiger partial charge in [-0.1, -0.05) is 6.92 Å². The van der Waals surface area contributed by atoms with E-state index in [1.165, 1.54) is 6.33 Å². The molecule has 2 rings (SSSR count). The zero-order chi connectivity index (χ0) is 12.8. The summed E-state index contributed by atoms with van der Waals surface area (Å²) in [4.78, 5) is 19.4. The summed E-state index contributed by atoms with van der Waals surface area (Å²) in [5.74, 6) is 1.74. The van der Waals surface area contributed by atoms with Crippen LogP contribution < -0.4 is 16.0 Å². The highest BCUT2D eigenvalue weighted by atomic mass is 16.1. The molecule has 1 atom stereocenters. The largest absolute Gasteiger partial charge is 0.370 e. The smallest absolute Gasteiger partial charge is 0.220 e. The number of carbonyl (C=O) groups is 1. The van der Waals surface area contributed by atoms with E-state index in [1.54, 1.807) is 0 Å². The average molecular weight is 249 g/mol. The van der Waals surface area contributed by atoms with E-state index in [0.717, 1.165) is 31.0 Å². The number of rotatable bonds is 6. The molecule has 0 aromatic carbocycles. The van der Waals surface area contributed by atoms with E-state index in [1.807, 2.05) is 6.07 Å². The first kappa shape index (κ1) is 12.6. The Balaban J connectivity index is 1.83. The molecular weight excluding hydrogens is 230 g/mol. The molecule has 1 aliphatic heterocycles. The number of anilines is 2. The second kappa shape index (κ2) is 6.18. The van der Waals surface area contributed by atoms with Gasteiger partial charge in [-0.2, -0.15) is 0 Å². The minimum Gasteiger partial charge on any atom is -0.370 e. The fourth-order valence-electron chi connectivity index (χ4n) is 1.86. The van der Waals surface area contributed by atoms with E-state index < -0.39 is 0 Å². The van der Waals surface area contributed by atoms with Crippen LogP contribution in [0, 0.1) is 0 Å². The fraction of sp³-hybridized carbons (Fsp3) is 0.583. The third kappa shape index (κ3) is 3.58. The SMILES string of the molecule is CCCNc1cc(NCC2CCC(=O)N2)ncn1. The Labute approximate surface area is 107 Å². The quantitative estimate of drug-likeness (QED) is 0.700. The molecule has 0 spiro atoms. The van der Waals surface area contributed by atoms with Crippen molar-refractivity contribution in [2.24, 2.45) is 0 Å². The lowest BCUT2D eigenvalue weighted by atomic mass is 10.2. The predicted octanol–water partition coefficient (Wildman–Crippen LogP) is 0.989. The summed E-state index contributed by atoms with van der Waals surface area (Å²) in [6.45, 7) is 3.71. The predicted molar refractivity (Wildman–Crippen MR) is 70.5 cm³/mol. The molecule has 1 unspecified atom stereocenters. The fourth-order valence-corrected chi connectivity index (χ4v) is 1.86. The van der Waals surface area contributed by atoms with Crippen molar-refractivity contribution in [3.8, 4) is 0 Å². The van der Waals surface area contributed by atoms with Crippen molar-refractivity contribution in [1.82, 2.24) is 15.3 Å². The van der Waals surface area contributed by atoms with Gasteiger partial charge in [0.05, 0.1) is 0 Å². The summed E-state index contributed by atoms with van der Waals surface area (Å²) in [7, 11) is 0. The maximum Gasteiger partial charge on any atom is 0.220 e. The molecule has 0 radical (unpaired) electrons. The second-order valence-corrected chi connectivity index (χ2v) is 4.40. The molecule has 1 aliphatic rings. The Hall–Kier alpha value is -1.85. The maximum absolute atomic E-state index is 11.1. The number of amides is 1. The minimum absolute atomic E-state index is 0.134. The molecule has 1 amide bonds. The first-order valence-corrected chi connectivity index (χ1v) is 6.37. The summed E-state index contributed by atoms with van der Waals surface area (Å²) >= 11 is 0. The number of aromatic nitrogens is 2. The van der Waals surface area contributed by atoms with Crippen LogP contribution in [0.3, 0.4) is 0 Å². The lowest BCUT2D eigenvalue weighted by Gasteiger charge is -2.12. The molecule has 0 saturated carbocycles. The standard InChI is InChI=1S/C12H19N5O/c1-2-5-13-10-6-11(16-8-15-10)14-7-9-3-4-12(18)17-9/h6,8-9H,2-5,7H2,1H3,(H,17,18)(H2,13,14,15,16). The summed E-state index contributed by atoms with van der Waals surface area (Å²) in [6.07, 6.45) is 4.10. The van der Waals surface area contributed by atoms with Crippen LogP contribution in [0.25, 0.3) is 0 Å². The van der Waals surface area contributed by atoms with Gasteiger partial charge in [0.15, 0.2) is 0 Å². The van der Waals surface area contributed by atoms with Gasteiger partial charge < -0.3 is 16.0 Å². The first-order valence-electron chi connectivity index (χ1n) is 6.37. The number of hydrogen-bond acceptors (Lipinski definition) is 5. The highest BCUT2D eigenvalue weighted by Crippen LogP contribution is 2.11. The molecule has 98 valence electrons. The van der Waals surface area contributed by atoms with Crippen molar-refractivity contribution >= 4 is 17.5 Å². The maximum atomic E-state index is 11.1. The van der Waals surface area contributed by atoms with Crippen LogP contribution in [0.4, 0.5) is 11.6 Å². The third-order valence-electron chi connectivity index (χ3n) is 2.84. The van der Waals surface area contributed by atoms with Crippen LogP contribution in [-0.2, 0) is 4.79 Å². The summed E-state index contributed by atoms with van der Waals surface area (Å²) in [5.41, 5.74) is 0. The molecule has 3 N–H and O–H groups in total. The molecular formula is C12H19N5O. The van der Waals surface area contributed by atoms with E-state index in [2.05, 4.69) is 32.8 Å². The van der Waals surface area contributed by atoms with Crippen LogP contribution in [-0.4, -0.2) is 35.0 Å². The third-order valence-corrected chi connectivity index (χ3v) is 2.84. The average Bonchev–Trinajstić information content (AvgIpc) is 2.80. The summed E-state index contributed by atoms with van der Waals surface area (Å²) in [6, 6.07) is 2.09. The number of carbonyl (C=O) groups excluding carboxylic acids is 1. The lowest BCUT2D eigenvalue weighted by molar-refractivity contribution is -0.119. The monoisotopic (exact) mass is 249 g/mol. The minimum atomic E-state index is 0.134. The van der Waals surface area contributed by atoms with Crippen molar-refractivity contribution in [3.05, 3.63) is 12.4 Å². The van der Waals surface area contributed by atoms with E-state index in [9.17, 15) is 4.79 Å². The molecule has 0 bridgehead atoms. The molecule has 0 aliphatic carbocycles. The van der Waals surface area contributed by atoms with Gasteiger partial charge in [-0.25, -0.2) is 9.97 Å². The molecule has 1 fully saturated rings. The van der Waals surface area contributed by atoms with Crippen molar-refractivity contribution in [2.75, 3.05) is 23.7 Å². The van der Waals surface area contributed by atoms with Crippen LogP contribution in [0.1, 0.15) is 26.2 Å². The molecule has 2 heterocycles. The number of hydrogen-bond donors (Lipinski definition) is 3. The van der Waals surface area contributed by atoms with Crippen LogP contribution in [0.15, 0.2) is 12.4 Å². The Morgan fingerprint density at radius 2 is 2.17 bits per heavy atom. The Kier molecular flexibility index (Phi) is 4.33. The van der Waals surface area contributed by atoms with Gasteiger partial charge in [0.2, 0.25) is 5.91 Å². The van der Waals surface area contributed by atoms with Crippen LogP contribution in [0.2, 0.25) is 0 Å². The molecule has 1 aromatic heterocycles. The van der Waals surface area contributed by atoms with Gasteiger partial charge in [0, 0.05) is 31.6 Å². The normalized spacial score (nSPS) is 18.5. The highest BCUT2D eigenvalue weighted by Gasteiger charge is 2.20. The van der Waals surface area contributed by atoms with Gasteiger partial charge in [-0.05, 0) is 12.8 Å². The molecule has 6 nitrogen and oxygen atoms in total. The van der Waals surface area contributed by atoms with Crippen LogP contribution in [0.5, 0.6) is 0 Å². The highest BCUT2D eigenvalue weighted by molar-refractivity contribution is 5.78. The van der Waals surface area contributed by atoms with Gasteiger partial charge in [0.25, 0.3) is 0 Å². The summed E-state index contributed by atoms with van der Waals surface area (Å²) in [5, 5.41) is 9.34. The van der Waals surface area contributed by atoms with Gasteiger partial charge in [-0.15, -0.1) is 0 Å². The van der Waals surface area contributed by atoms with Crippen molar-refractivity contribution in [1.29, 1.82) is 0 Å². The van der Waals surface area contributed by atoms with Gasteiger partial charge in [0.1, 0.15) is 18.0 Å². The Bertz CT molecular complexity index is 409. The number of nitrogens with one attached hydrogen (secondary N) is 3. The number of nitrogens with zero attached hydrogens (tertiary/aromatic N) is 2. The Morgan fingerprint density at radius 3 is 2.83 bits per heavy atom. The van der Waals surface area contributed by atoms with Gasteiger partial charge in [-0.3, -0.25) is 4.79 Å². The molecule has 6 heteroatoms. The zero-order valence-corrected chi connectivity index (χ0v) is 10.6. The molecule has 1 saturated heterocycles. The molecule has 1 aromatic rings. The van der Waals surface area contributed by atoms with Crippen LogP contribution >= 0.6 is 0 Å². The lowest BCUT2D eigenvalue weighted by Crippen LogP contribution is -2.32. The van der Waals surface area contributed by atoms with E-state index in [0.29, 0.717) is 13.0 Å². The second-order valence-electron chi connectivity index (χ2n) is 4.40. The van der Waals surface area contributed by atoms with Crippen molar-refractivity contribution in [3.63, 3.8) is 0 Å². The van der Waals surface area contributed by atoms with E-state index >= 15 is 0 Å². The van der Waals surface area contributed by atoms with E-state index in [-0.39, 0.29) is 11.9 Å². The van der Waals surface area contributed by atoms with E-state index in [4.69, 9.17) is 0 Å². The zero-order valence-electron chi connectivity index (χ0n) is 10.6. The van der Waals surface area contributed by atoms with Crippen molar-refractivity contribution in [2.45, 2.75) is 32.2 Å². The van der Waals surface area contributed by atoms with Crippen molar-refractivity contribution < 1.29 is 4.79 Å². The topological polar surface area (TPSA) is 78.9 Å². The Morgan fingerprint density at radius 1 is 1.39 bits per heavy atom. The first-order chi connectivity index (χ1) is 8.78.